The van der Waals surface area contributed by atoms with Crippen LogP contribution < -0.4 is 5.32 Å². The summed E-state index contributed by atoms with van der Waals surface area (Å²) in [6, 6.07) is 8.87. The highest BCUT2D eigenvalue weighted by Crippen LogP contribution is 2.29. The molecule has 0 spiro atoms. The van der Waals surface area contributed by atoms with Crippen LogP contribution in [0, 0.1) is 0 Å². The zero-order valence-corrected chi connectivity index (χ0v) is 14.0. The Morgan fingerprint density at radius 3 is 2.62 bits per heavy atom. The van der Waals surface area contributed by atoms with Gasteiger partial charge in [0.15, 0.2) is 11.8 Å². The molecule has 2 aromatic rings. The molecule has 1 aliphatic heterocycles. The first kappa shape index (κ1) is 16.6. The third-order valence-corrected chi connectivity index (χ3v) is 5.73. The summed E-state index contributed by atoms with van der Waals surface area (Å²) >= 11 is 5.75. The molecule has 1 amide bonds. The number of sulfonamides is 1. The number of halogens is 1. The number of anilines is 1. The van der Waals surface area contributed by atoms with Crippen molar-refractivity contribution in [2.24, 2.45) is 0 Å². The second-order valence-corrected chi connectivity index (χ2v) is 7.47. The Hall–Kier alpha value is -2.29. The van der Waals surface area contributed by atoms with Crippen molar-refractivity contribution in [3.05, 3.63) is 53.2 Å². The van der Waals surface area contributed by atoms with Crippen LogP contribution in [-0.4, -0.2) is 42.5 Å². The van der Waals surface area contributed by atoms with Crippen molar-refractivity contribution in [2.45, 2.75) is 10.9 Å². The molecule has 0 bridgehead atoms. The van der Waals surface area contributed by atoms with Gasteiger partial charge in [-0.15, -0.1) is 0 Å². The molecule has 0 saturated carbocycles. The first-order chi connectivity index (χ1) is 11.3. The lowest BCUT2D eigenvalue weighted by Crippen LogP contribution is -2.53. The Labute approximate surface area is 143 Å². The number of benzene rings is 1. The Morgan fingerprint density at radius 1 is 1.21 bits per heavy atom. The third kappa shape index (κ3) is 2.68. The van der Waals surface area contributed by atoms with Crippen LogP contribution in [-0.2, 0) is 14.8 Å². The minimum atomic E-state index is -3.94. The number of rotatable bonds is 2. The SMILES string of the molecule is CN1C(C(=O)Nc2cccc(Cl)n2)C(=O)c2ccccc2S1(=O)=O. The molecule has 0 aliphatic carbocycles. The van der Waals surface area contributed by atoms with E-state index in [1.807, 2.05) is 0 Å². The van der Waals surface area contributed by atoms with Crippen LogP contribution in [0.15, 0.2) is 47.4 Å². The van der Waals surface area contributed by atoms with E-state index in [1.165, 1.54) is 37.4 Å². The van der Waals surface area contributed by atoms with Gasteiger partial charge >= 0.3 is 0 Å². The number of hydrogen-bond acceptors (Lipinski definition) is 5. The minimum Gasteiger partial charge on any atom is -0.309 e. The van der Waals surface area contributed by atoms with Gasteiger partial charge in [-0.3, -0.25) is 9.59 Å². The molecule has 1 aromatic heterocycles. The lowest BCUT2D eigenvalue weighted by molar-refractivity contribution is -0.118. The quantitative estimate of drug-likeness (QED) is 0.643. The van der Waals surface area contributed by atoms with Crippen molar-refractivity contribution in [3.8, 4) is 0 Å². The zero-order chi connectivity index (χ0) is 17.5. The van der Waals surface area contributed by atoms with Gasteiger partial charge in [0.25, 0.3) is 5.91 Å². The molecular weight excluding hydrogens is 354 g/mol. The molecule has 24 heavy (non-hydrogen) atoms. The van der Waals surface area contributed by atoms with Crippen molar-refractivity contribution in [3.63, 3.8) is 0 Å². The zero-order valence-electron chi connectivity index (χ0n) is 12.4. The van der Waals surface area contributed by atoms with Crippen molar-refractivity contribution in [2.75, 3.05) is 12.4 Å². The van der Waals surface area contributed by atoms with Gasteiger partial charge in [-0.05, 0) is 24.3 Å². The van der Waals surface area contributed by atoms with Gasteiger partial charge in [-0.1, -0.05) is 29.8 Å². The number of likely N-dealkylation sites (N-methyl/N-ethyl adjacent to an activating group) is 1. The van der Waals surface area contributed by atoms with E-state index in [4.69, 9.17) is 11.6 Å². The number of nitrogens with zero attached hydrogens (tertiary/aromatic N) is 2. The monoisotopic (exact) mass is 365 g/mol. The lowest BCUT2D eigenvalue weighted by atomic mass is 10.0. The highest BCUT2D eigenvalue weighted by atomic mass is 35.5. The van der Waals surface area contributed by atoms with Crippen LogP contribution in [0.3, 0.4) is 0 Å². The van der Waals surface area contributed by atoms with E-state index in [-0.39, 0.29) is 21.4 Å². The van der Waals surface area contributed by atoms with E-state index in [0.717, 1.165) is 4.31 Å². The summed E-state index contributed by atoms with van der Waals surface area (Å²) in [5.74, 6) is -1.26. The number of nitrogens with one attached hydrogen (secondary N) is 1. The Morgan fingerprint density at radius 2 is 1.92 bits per heavy atom. The molecule has 3 rings (SSSR count). The number of hydrogen-bond donors (Lipinski definition) is 1. The summed E-state index contributed by atoms with van der Waals surface area (Å²) in [5, 5.41) is 2.58. The minimum absolute atomic E-state index is 0.00481. The van der Waals surface area contributed by atoms with Gasteiger partial charge in [-0.2, -0.15) is 4.31 Å². The standard InChI is InChI=1S/C15H12ClN3O4S/c1-19-13(15(21)18-12-8-4-7-11(16)17-12)14(20)9-5-2-3-6-10(9)24(19,22)23/h2-8,13H,1H3,(H,17,18,21). The maximum atomic E-state index is 12.6. The van der Waals surface area contributed by atoms with Gasteiger partial charge in [0.2, 0.25) is 10.0 Å². The molecule has 0 saturated heterocycles. The molecule has 1 N–H and O–H groups in total. The number of fused-ring (bicyclic) bond motifs is 1. The number of aromatic nitrogens is 1. The third-order valence-electron chi connectivity index (χ3n) is 3.64. The van der Waals surface area contributed by atoms with Crippen molar-refractivity contribution >= 4 is 39.1 Å². The number of carbonyl (C=O) groups is 2. The summed E-state index contributed by atoms with van der Waals surface area (Å²) in [7, 11) is -2.75. The molecule has 0 fully saturated rings. The molecule has 2 heterocycles. The van der Waals surface area contributed by atoms with Crippen LogP contribution in [0.1, 0.15) is 10.4 Å². The Balaban J connectivity index is 1.99. The normalized spacial score (nSPS) is 19.6. The van der Waals surface area contributed by atoms with E-state index in [0.29, 0.717) is 0 Å². The van der Waals surface area contributed by atoms with Crippen LogP contribution in [0.5, 0.6) is 0 Å². The van der Waals surface area contributed by atoms with Gasteiger partial charge in [-0.25, -0.2) is 13.4 Å². The number of Topliss-reactive ketones (excluding diaryl/α,β-unsaturated/α-hetero) is 1. The fourth-order valence-electron chi connectivity index (χ4n) is 2.46. The molecule has 0 radical (unpaired) electrons. The smallest absolute Gasteiger partial charge is 0.252 e. The first-order valence-corrected chi connectivity index (χ1v) is 8.69. The molecule has 9 heteroatoms. The summed E-state index contributed by atoms with van der Waals surface area (Å²) < 4.78 is 25.8. The number of pyridine rings is 1. The highest BCUT2D eigenvalue weighted by Gasteiger charge is 2.45. The molecule has 124 valence electrons. The van der Waals surface area contributed by atoms with Crippen molar-refractivity contribution in [1.29, 1.82) is 0 Å². The average molecular weight is 366 g/mol. The molecular formula is C15H12ClN3O4S. The van der Waals surface area contributed by atoms with Crippen LogP contribution in [0.25, 0.3) is 0 Å². The first-order valence-electron chi connectivity index (χ1n) is 6.87. The van der Waals surface area contributed by atoms with E-state index in [9.17, 15) is 18.0 Å². The summed E-state index contributed by atoms with van der Waals surface area (Å²) in [4.78, 5) is 28.9. The molecule has 1 aromatic carbocycles. The molecule has 1 unspecified atom stereocenters. The van der Waals surface area contributed by atoms with Gasteiger partial charge < -0.3 is 5.32 Å². The van der Waals surface area contributed by atoms with E-state index in [1.54, 1.807) is 12.1 Å². The van der Waals surface area contributed by atoms with E-state index >= 15 is 0 Å². The van der Waals surface area contributed by atoms with Gasteiger partial charge in [0.1, 0.15) is 11.0 Å². The fourth-order valence-corrected chi connectivity index (χ4v) is 4.10. The fraction of sp³-hybridized carbons (Fsp3) is 0.133. The number of ketones is 1. The Bertz CT molecular complexity index is 945. The second kappa shape index (κ2) is 5.97. The maximum Gasteiger partial charge on any atom is 0.252 e. The highest BCUT2D eigenvalue weighted by molar-refractivity contribution is 7.89. The summed E-state index contributed by atoms with van der Waals surface area (Å²) in [6.45, 7) is 0. The van der Waals surface area contributed by atoms with Crippen LogP contribution in [0.4, 0.5) is 5.82 Å². The lowest BCUT2D eigenvalue weighted by Gasteiger charge is -2.30. The van der Waals surface area contributed by atoms with Crippen molar-refractivity contribution in [1.82, 2.24) is 9.29 Å². The van der Waals surface area contributed by atoms with E-state index < -0.39 is 27.8 Å². The van der Waals surface area contributed by atoms with Gasteiger partial charge in [0.05, 0.1) is 4.90 Å². The van der Waals surface area contributed by atoms with Crippen LogP contribution in [0.2, 0.25) is 5.15 Å². The summed E-state index contributed by atoms with van der Waals surface area (Å²) in [6.07, 6.45) is 0. The number of carbonyl (C=O) groups excluding carboxylic acids is 2. The molecule has 1 aliphatic rings. The summed E-state index contributed by atoms with van der Waals surface area (Å²) in [5.41, 5.74) is -0.00481. The maximum absolute atomic E-state index is 12.6. The van der Waals surface area contributed by atoms with Crippen molar-refractivity contribution < 1.29 is 18.0 Å². The van der Waals surface area contributed by atoms with E-state index in [2.05, 4.69) is 10.3 Å². The number of amides is 1. The predicted octanol–water partition coefficient (Wildman–Crippen LogP) is 1.56. The molecule has 7 nitrogen and oxygen atoms in total. The second-order valence-electron chi connectivity index (χ2n) is 5.12. The average Bonchev–Trinajstić information content (AvgIpc) is 2.53. The molecule has 1 atom stereocenters. The Kier molecular flexibility index (Phi) is 4.12. The van der Waals surface area contributed by atoms with Crippen LogP contribution >= 0.6 is 11.6 Å². The van der Waals surface area contributed by atoms with Gasteiger partial charge in [0, 0.05) is 12.6 Å². The predicted molar refractivity (Wildman–Crippen MR) is 87.4 cm³/mol. The largest absolute Gasteiger partial charge is 0.309 e. The topological polar surface area (TPSA) is 96.4 Å².